The Kier molecular flexibility index (Phi) is 4.54. The van der Waals surface area contributed by atoms with Crippen molar-refractivity contribution in [3.8, 4) is 0 Å². The van der Waals surface area contributed by atoms with Gasteiger partial charge in [0, 0.05) is 12.6 Å². The van der Waals surface area contributed by atoms with Crippen LogP contribution in [0, 0.1) is 0 Å². The summed E-state index contributed by atoms with van der Waals surface area (Å²) in [7, 11) is 2.20. The summed E-state index contributed by atoms with van der Waals surface area (Å²) in [4.78, 5) is 2.42. The molecule has 1 atom stereocenters. The second-order valence-corrected chi connectivity index (χ2v) is 4.74. The fraction of sp³-hybridized carbons (Fsp3) is 0.294. The van der Waals surface area contributed by atoms with E-state index < -0.39 is 0 Å². The van der Waals surface area contributed by atoms with Crippen LogP contribution in [0.15, 0.2) is 60.7 Å². The minimum Gasteiger partial charge on any atom is -0.295 e. The highest BCUT2D eigenvalue weighted by atomic mass is 15.1. The Balaban J connectivity index is 2.09. The lowest BCUT2D eigenvalue weighted by Crippen LogP contribution is -2.23. The number of benzene rings is 2. The first-order valence-electron chi connectivity index (χ1n) is 6.60. The highest BCUT2D eigenvalue weighted by Gasteiger charge is 2.14. The van der Waals surface area contributed by atoms with Crippen LogP contribution in [-0.2, 0) is 6.54 Å². The van der Waals surface area contributed by atoms with Crippen molar-refractivity contribution in [2.75, 3.05) is 7.05 Å². The van der Waals surface area contributed by atoms with E-state index in [9.17, 15) is 0 Å². The van der Waals surface area contributed by atoms with Crippen molar-refractivity contribution in [1.29, 1.82) is 0 Å². The maximum absolute atomic E-state index is 2.42. The predicted octanol–water partition coefficient (Wildman–Crippen LogP) is 4.27. The Morgan fingerprint density at radius 3 is 2.00 bits per heavy atom. The van der Waals surface area contributed by atoms with Gasteiger partial charge in [0.25, 0.3) is 0 Å². The van der Waals surface area contributed by atoms with E-state index >= 15 is 0 Å². The predicted molar refractivity (Wildman–Crippen MR) is 77.4 cm³/mol. The third-order valence-corrected chi connectivity index (χ3v) is 3.38. The van der Waals surface area contributed by atoms with Gasteiger partial charge in [0.05, 0.1) is 0 Å². The normalized spacial score (nSPS) is 12.6. The Hall–Kier alpha value is -1.60. The lowest BCUT2D eigenvalue weighted by Gasteiger charge is -2.27. The Bertz CT molecular complexity index is 450. The van der Waals surface area contributed by atoms with Crippen LogP contribution < -0.4 is 0 Å². The zero-order chi connectivity index (χ0) is 12.8. The van der Waals surface area contributed by atoms with Gasteiger partial charge in [-0.15, -0.1) is 0 Å². The zero-order valence-electron chi connectivity index (χ0n) is 11.2. The van der Waals surface area contributed by atoms with Gasteiger partial charge in [-0.25, -0.2) is 0 Å². The maximum Gasteiger partial charge on any atom is 0.0345 e. The number of rotatable bonds is 5. The second kappa shape index (κ2) is 6.36. The molecule has 2 aromatic rings. The third-order valence-electron chi connectivity index (χ3n) is 3.38. The van der Waals surface area contributed by atoms with Gasteiger partial charge in [0.1, 0.15) is 0 Å². The highest BCUT2D eigenvalue weighted by molar-refractivity contribution is 5.20. The summed E-state index contributed by atoms with van der Waals surface area (Å²) in [5.74, 6) is 0. The average Bonchev–Trinajstić information content (AvgIpc) is 2.42. The van der Waals surface area contributed by atoms with Gasteiger partial charge in [0.15, 0.2) is 0 Å². The van der Waals surface area contributed by atoms with Gasteiger partial charge in [-0.2, -0.15) is 0 Å². The summed E-state index contributed by atoms with van der Waals surface area (Å²) in [5, 5.41) is 0. The van der Waals surface area contributed by atoms with Gasteiger partial charge in [-0.3, -0.25) is 4.90 Å². The second-order valence-electron chi connectivity index (χ2n) is 4.74. The van der Waals surface area contributed by atoms with E-state index in [4.69, 9.17) is 0 Å². The van der Waals surface area contributed by atoms with Crippen molar-refractivity contribution in [3.05, 3.63) is 71.8 Å². The molecule has 0 bridgehead atoms. The fourth-order valence-electron chi connectivity index (χ4n) is 2.46. The smallest absolute Gasteiger partial charge is 0.0345 e. The lowest BCUT2D eigenvalue weighted by molar-refractivity contribution is 0.230. The van der Waals surface area contributed by atoms with E-state index in [0.29, 0.717) is 6.04 Å². The summed E-state index contributed by atoms with van der Waals surface area (Å²) in [6, 6.07) is 21.9. The lowest BCUT2D eigenvalue weighted by atomic mass is 10.0. The molecule has 1 heteroatoms. The van der Waals surface area contributed by atoms with Crippen LogP contribution in [0.5, 0.6) is 0 Å². The first-order chi connectivity index (χ1) is 8.81. The molecule has 0 aromatic heterocycles. The molecular formula is C17H21N. The minimum atomic E-state index is 0.492. The summed E-state index contributed by atoms with van der Waals surface area (Å²) >= 11 is 0. The quantitative estimate of drug-likeness (QED) is 0.753. The summed E-state index contributed by atoms with van der Waals surface area (Å²) in [6.45, 7) is 3.24. The molecule has 1 nitrogen and oxygen atoms in total. The van der Waals surface area contributed by atoms with Gasteiger partial charge < -0.3 is 0 Å². The molecular weight excluding hydrogens is 218 g/mol. The molecule has 2 aromatic carbocycles. The molecule has 0 saturated heterocycles. The monoisotopic (exact) mass is 239 g/mol. The molecule has 0 amide bonds. The Morgan fingerprint density at radius 2 is 1.44 bits per heavy atom. The molecule has 0 radical (unpaired) electrons. The van der Waals surface area contributed by atoms with E-state index in [1.165, 1.54) is 11.1 Å². The Labute approximate surface area is 110 Å². The van der Waals surface area contributed by atoms with Crippen LogP contribution in [0.3, 0.4) is 0 Å². The molecule has 0 N–H and O–H groups in total. The van der Waals surface area contributed by atoms with Crippen LogP contribution >= 0.6 is 0 Å². The van der Waals surface area contributed by atoms with Crippen LogP contribution in [-0.4, -0.2) is 11.9 Å². The van der Waals surface area contributed by atoms with Crippen molar-refractivity contribution >= 4 is 0 Å². The van der Waals surface area contributed by atoms with E-state index in [1.54, 1.807) is 0 Å². The van der Waals surface area contributed by atoms with Crippen molar-refractivity contribution in [3.63, 3.8) is 0 Å². The highest BCUT2D eigenvalue weighted by Crippen LogP contribution is 2.24. The summed E-state index contributed by atoms with van der Waals surface area (Å²) in [6.07, 6.45) is 1.13. The fourth-order valence-corrected chi connectivity index (χ4v) is 2.46. The first kappa shape index (κ1) is 12.8. The molecule has 0 aliphatic rings. The van der Waals surface area contributed by atoms with Crippen LogP contribution in [0.2, 0.25) is 0 Å². The van der Waals surface area contributed by atoms with Crippen LogP contribution in [0.1, 0.15) is 30.5 Å². The van der Waals surface area contributed by atoms with E-state index in [0.717, 1.165) is 13.0 Å². The van der Waals surface area contributed by atoms with Gasteiger partial charge in [-0.1, -0.05) is 67.6 Å². The average molecular weight is 239 g/mol. The van der Waals surface area contributed by atoms with E-state index in [1.807, 2.05) is 0 Å². The molecule has 0 saturated carbocycles. The SMILES string of the molecule is CC[C@H](c1ccccc1)N(C)Cc1ccccc1. The van der Waals surface area contributed by atoms with Gasteiger partial charge in [0.2, 0.25) is 0 Å². The molecule has 0 unspecified atom stereocenters. The number of hydrogen-bond donors (Lipinski definition) is 0. The van der Waals surface area contributed by atoms with Gasteiger partial charge >= 0.3 is 0 Å². The Morgan fingerprint density at radius 1 is 0.889 bits per heavy atom. The molecule has 0 fully saturated rings. The standard InChI is InChI=1S/C17H21N/c1-3-17(16-12-8-5-9-13-16)18(2)14-15-10-6-4-7-11-15/h4-13,17H,3,14H2,1-2H3/t17-/m1/s1. The summed E-state index contributed by atoms with van der Waals surface area (Å²) < 4.78 is 0. The molecule has 18 heavy (non-hydrogen) atoms. The van der Waals surface area contributed by atoms with Gasteiger partial charge in [-0.05, 0) is 24.6 Å². The molecule has 0 aliphatic heterocycles. The molecule has 0 heterocycles. The third kappa shape index (κ3) is 3.21. The summed E-state index contributed by atoms with van der Waals surface area (Å²) in [5.41, 5.74) is 2.77. The van der Waals surface area contributed by atoms with Crippen molar-refractivity contribution in [2.45, 2.75) is 25.9 Å². The molecule has 0 spiro atoms. The minimum absolute atomic E-state index is 0.492. The van der Waals surface area contributed by atoms with Crippen molar-refractivity contribution in [1.82, 2.24) is 4.90 Å². The van der Waals surface area contributed by atoms with Crippen molar-refractivity contribution in [2.24, 2.45) is 0 Å². The first-order valence-corrected chi connectivity index (χ1v) is 6.60. The topological polar surface area (TPSA) is 3.24 Å². The van der Waals surface area contributed by atoms with Crippen LogP contribution in [0.4, 0.5) is 0 Å². The molecule has 0 aliphatic carbocycles. The number of nitrogens with zero attached hydrogens (tertiary/aromatic N) is 1. The van der Waals surface area contributed by atoms with E-state index in [-0.39, 0.29) is 0 Å². The van der Waals surface area contributed by atoms with E-state index in [2.05, 4.69) is 79.5 Å². The maximum atomic E-state index is 2.42. The van der Waals surface area contributed by atoms with Crippen molar-refractivity contribution < 1.29 is 0 Å². The molecule has 2 rings (SSSR count). The largest absolute Gasteiger partial charge is 0.295 e. The molecule has 94 valence electrons. The number of hydrogen-bond acceptors (Lipinski definition) is 1. The zero-order valence-corrected chi connectivity index (χ0v) is 11.2. The van der Waals surface area contributed by atoms with Crippen LogP contribution in [0.25, 0.3) is 0 Å².